The summed E-state index contributed by atoms with van der Waals surface area (Å²) in [6, 6.07) is 12.4. The lowest BCUT2D eigenvalue weighted by atomic mass is 10.2. The molecule has 0 radical (unpaired) electrons. The lowest BCUT2D eigenvalue weighted by molar-refractivity contribution is -0.143. The van der Waals surface area contributed by atoms with E-state index in [2.05, 4.69) is 5.32 Å². The molecule has 2 aromatic carbocycles. The first-order valence-electron chi connectivity index (χ1n) is 8.68. The van der Waals surface area contributed by atoms with Crippen molar-refractivity contribution in [2.75, 3.05) is 20.3 Å². The average Bonchev–Trinajstić information content (AvgIpc) is 2.70. The fraction of sp³-hybridized carbons (Fsp3) is 0.238. The number of hydrogen-bond donors (Lipinski definition) is 1. The van der Waals surface area contributed by atoms with Crippen molar-refractivity contribution in [3.63, 3.8) is 0 Å². The molecule has 6 nitrogen and oxygen atoms in total. The monoisotopic (exact) mass is 403 g/mol. The Balaban J connectivity index is 1.80. The van der Waals surface area contributed by atoms with Crippen LogP contribution in [0.25, 0.3) is 6.08 Å². The van der Waals surface area contributed by atoms with Gasteiger partial charge in [-0.25, -0.2) is 4.79 Å². The van der Waals surface area contributed by atoms with Gasteiger partial charge in [0.2, 0.25) is 0 Å². The molecule has 0 aromatic heterocycles. The summed E-state index contributed by atoms with van der Waals surface area (Å²) in [7, 11) is 1.56. The smallest absolute Gasteiger partial charge is 0.331 e. The van der Waals surface area contributed by atoms with Crippen molar-refractivity contribution in [3.8, 4) is 11.5 Å². The van der Waals surface area contributed by atoms with Gasteiger partial charge in [-0.3, -0.25) is 4.79 Å². The van der Waals surface area contributed by atoms with E-state index in [-0.39, 0.29) is 12.5 Å². The molecule has 0 saturated heterocycles. The largest absolute Gasteiger partial charge is 0.493 e. The summed E-state index contributed by atoms with van der Waals surface area (Å²) in [5.74, 6) is 0.191. The minimum Gasteiger partial charge on any atom is -0.493 e. The molecule has 2 rings (SSSR count). The molecule has 0 bridgehead atoms. The van der Waals surface area contributed by atoms with Gasteiger partial charge >= 0.3 is 5.97 Å². The minimum atomic E-state index is -0.615. The Kier molecular flexibility index (Phi) is 8.37. The van der Waals surface area contributed by atoms with Crippen molar-refractivity contribution in [2.45, 2.75) is 13.5 Å². The first-order valence-corrected chi connectivity index (χ1v) is 9.06. The van der Waals surface area contributed by atoms with Crippen LogP contribution in [0.2, 0.25) is 5.02 Å². The van der Waals surface area contributed by atoms with Crippen LogP contribution < -0.4 is 14.8 Å². The second-order valence-electron chi connectivity index (χ2n) is 5.69. The van der Waals surface area contributed by atoms with Gasteiger partial charge in [0, 0.05) is 17.6 Å². The van der Waals surface area contributed by atoms with Gasteiger partial charge in [-0.2, -0.15) is 0 Å². The highest BCUT2D eigenvalue weighted by atomic mass is 35.5. The maximum Gasteiger partial charge on any atom is 0.331 e. The molecule has 0 aliphatic rings. The Labute approximate surface area is 169 Å². The molecule has 0 spiro atoms. The number of halogens is 1. The maximum atomic E-state index is 11.8. The fourth-order valence-corrected chi connectivity index (χ4v) is 2.39. The van der Waals surface area contributed by atoms with Crippen molar-refractivity contribution >= 4 is 29.6 Å². The number of esters is 1. The Morgan fingerprint density at radius 1 is 1.11 bits per heavy atom. The van der Waals surface area contributed by atoms with E-state index in [1.165, 1.54) is 6.08 Å². The summed E-state index contributed by atoms with van der Waals surface area (Å²) in [4.78, 5) is 23.6. The zero-order chi connectivity index (χ0) is 20.4. The lowest BCUT2D eigenvalue weighted by Crippen LogP contribution is -2.28. The number of methoxy groups -OCH3 is 1. The second kappa shape index (κ2) is 11.0. The fourth-order valence-electron chi connectivity index (χ4n) is 2.27. The lowest BCUT2D eigenvalue weighted by Gasteiger charge is -2.09. The molecule has 0 unspecified atom stereocenters. The second-order valence-corrected chi connectivity index (χ2v) is 6.12. The molecule has 2 aromatic rings. The molecule has 28 heavy (non-hydrogen) atoms. The number of ether oxygens (including phenoxy) is 3. The Hall–Kier alpha value is -2.99. The first-order chi connectivity index (χ1) is 13.5. The van der Waals surface area contributed by atoms with Crippen LogP contribution in [0.1, 0.15) is 18.1 Å². The highest BCUT2D eigenvalue weighted by molar-refractivity contribution is 6.30. The van der Waals surface area contributed by atoms with E-state index < -0.39 is 5.97 Å². The predicted octanol–water partition coefficient (Wildman–Crippen LogP) is 3.62. The molecule has 0 fully saturated rings. The van der Waals surface area contributed by atoms with E-state index >= 15 is 0 Å². The number of hydrogen-bond acceptors (Lipinski definition) is 5. The number of benzene rings is 2. The molecule has 0 aliphatic carbocycles. The molecular weight excluding hydrogens is 382 g/mol. The van der Waals surface area contributed by atoms with Gasteiger partial charge in [0.05, 0.1) is 13.7 Å². The van der Waals surface area contributed by atoms with E-state index in [1.807, 2.05) is 19.1 Å². The molecule has 7 heteroatoms. The van der Waals surface area contributed by atoms with Gasteiger partial charge in [0.25, 0.3) is 5.91 Å². The Bertz CT molecular complexity index is 833. The normalized spacial score (nSPS) is 10.5. The van der Waals surface area contributed by atoms with Crippen LogP contribution in [-0.4, -0.2) is 32.2 Å². The van der Waals surface area contributed by atoms with Crippen molar-refractivity contribution in [2.24, 2.45) is 0 Å². The van der Waals surface area contributed by atoms with Crippen LogP contribution in [0, 0.1) is 0 Å². The van der Waals surface area contributed by atoms with E-state index in [0.717, 1.165) is 11.1 Å². The predicted molar refractivity (Wildman–Crippen MR) is 107 cm³/mol. The standard InChI is InChI=1S/C21H22ClNO5/c1-3-27-19-12-15(6-10-18(19)26-2)7-11-21(25)28-14-20(24)23-13-16-4-8-17(22)9-5-16/h4-12H,3,13-14H2,1-2H3,(H,23,24)/b11-7+. The van der Waals surface area contributed by atoms with Crippen LogP contribution in [-0.2, 0) is 20.9 Å². The minimum absolute atomic E-state index is 0.329. The number of amides is 1. The quantitative estimate of drug-likeness (QED) is 0.511. The van der Waals surface area contributed by atoms with E-state index in [0.29, 0.717) is 29.7 Å². The molecule has 0 saturated carbocycles. The summed E-state index contributed by atoms with van der Waals surface area (Å²) < 4.78 is 15.6. The van der Waals surface area contributed by atoms with Crippen molar-refractivity contribution in [1.29, 1.82) is 0 Å². The molecule has 0 heterocycles. The summed E-state index contributed by atoms with van der Waals surface area (Å²) in [6.07, 6.45) is 2.83. The maximum absolute atomic E-state index is 11.8. The number of carbonyl (C=O) groups is 2. The first kappa shape index (κ1) is 21.3. The summed E-state index contributed by atoms with van der Waals surface area (Å²) in [5, 5.41) is 3.29. The van der Waals surface area contributed by atoms with Crippen LogP contribution in [0.3, 0.4) is 0 Å². The molecule has 1 N–H and O–H groups in total. The zero-order valence-corrected chi connectivity index (χ0v) is 16.5. The Morgan fingerprint density at radius 2 is 1.86 bits per heavy atom. The van der Waals surface area contributed by atoms with Crippen molar-refractivity contribution in [1.82, 2.24) is 5.32 Å². The van der Waals surface area contributed by atoms with Gasteiger partial charge in [-0.15, -0.1) is 0 Å². The molecule has 0 atom stereocenters. The summed E-state index contributed by atoms with van der Waals surface area (Å²) >= 11 is 5.81. The molecule has 1 amide bonds. The van der Waals surface area contributed by atoms with Gasteiger partial charge in [0.1, 0.15) is 0 Å². The van der Waals surface area contributed by atoms with Crippen LogP contribution in [0.4, 0.5) is 0 Å². The Morgan fingerprint density at radius 3 is 2.54 bits per heavy atom. The number of rotatable bonds is 9. The SMILES string of the molecule is CCOc1cc(/C=C/C(=O)OCC(=O)NCc2ccc(Cl)cc2)ccc1OC. The van der Waals surface area contributed by atoms with Crippen LogP contribution in [0.5, 0.6) is 11.5 Å². The average molecular weight is 404 g/mol. The number of nitrogens with one attached hydrogen (secondary N) is 1. The van der Waals surface area contributed by atoms with Crippen LogP contribution in [0.15, 0.2) is 48.5 Å². The third-order valence-electron chi connectivity index (χ3n) is 3.65. The van der Waals surface area contributed by atoms with E-state index in [1.54, 1.807) is 43.5 Å². The van der Waals surface area contributed by atoms with Crippen molar-refractivity contribution < 1.29 is 23.8 Å². The third-order valence-corrected chi connectivity index (χ3v) is 3.90. The van der Waals surface area contributed by atoms with E-state index in [4.69, 9.17) is 25.8 Å². The molecular formula is C21H22ClNO5. The highest BCUT2D eigenvalue weighted by Crippen LogP contribution is 2.28. The third kappa shape index (κ3) is 6.96. The van der Waals surface area contributed by atoms with Gasteiger partial charge in [-0.1, -0.05) is 29.8 Å². The zero-order valence-electron chi connectivity index (χ0n) is 15.7. The van der Waals surface area contributed by atoms with Gasteiger partial charge in [-0.05, 0) is 48.4 Å². The molecule has 0 aliphatic heterocycles. The molecule has 148 valence electrons. The van der Waals surface area contributed by atoms with Crippen LogP contribution >= 0.6 is 11.6 Å². The summed E-state index contributed by atoms with van der Waals surface area (Å²) in [5.41, 5.74) is 1.64. The topological polar surface area (TPSA) is 73.9 Å². The van der Waals surface area contributed by atoms with E-state index in [9.17, 15) is 9.59 Å². The number of carbonyl (C=O) groups excluding carboxylic acids is 2. The van der Waals surface area contributed by atoms with Crippen molar-refractivity contribution in [3.05, 3.63) is 64.7 Å². The van der Waals surface area contributed by atoms with Gasteiger partial charge < -0.3 is 19.5 Å². The van der Waals surface area contributed by atoms with Gasteiger partial charge in [0.15, 0.2) is 18.1 Å². The highest BCUT2D eigenvalue weighted by Gasteiger charge is 2.07. The summed E-state index contributed by atoms with van der Waals surface area (Å²) in [6.45, 7) is 2.34.